The van der Waals surface area contributed by atoms with Crippen molar-refractivity contribution in [3.8, 4) is 11.5 Å². The van der Waals surface area contributed by atoms with E-state index in [2.05, 4.69) is 26.0 Å². The summed E-state index contributed by atoms with van der Waals surface area (Å²) in [6.45, 7) is 5.18. The number of nitro benzene ring substituents is 1. The van der Waals surface area contributed by atoms with Crippen LogP contribution in [0.4, 0.5) is 5.69 Å². The number of benzene rings is 2. The van der Waals surface area contributed by atoms with E-state index in [0.29, 0.717) is 19.1 Å². The van der Waals surface area contributed by atoms with Crippen molar-refractivity contribution in [2.24, 2.45) is 0 Å². The number of nitro groups is 1. The minimum absolute atomic E-state index is 0.00311. The summed E-state index contributed by atoms with van der Waals surface area (Å²) in [6.07, 6.45) is 1.78. The molecule has 1 fully saturated rings. The van der Waals surface area contributed by atoms with Crippen LogP contribution < -0.4 is 9.47 Å². The third kappa shape index (κ3) is 5.56. The van der Waals surface area contributed by atoms with Gasteiger partial charge in [0.05, 0.1) is 24.7 Å². The van der Waals surface area contributed by atoms with Crippen molar-refractivity contribution in [3.05, 3.63) is 63.2 Å². The summed E-state index contributed by atoms with van der Waals surface area (Å²) in [6, 6.07) is 10.9. The van der Waals surface area contributed by atoms with Crippen LogP contribution in [-0.2, 0) is 11.3 Å². The summed E-state index contributed by atoms with van der Waals surface area (Å²) in [7, 11) is 2.97. The van der Waals surface area contributed by atoms with Gasteiger partial charge in [-0.3, -0.25) is 14.9 Å². The first-order valence-electron chi connectivity index (χ1n) is 10.7. The van der Waals surface area contributed by atoms with Crippen molar-refractivity contribution >= 4 is 11.6 Å². The van der Waals surface area contributed by atoms with Crippen LogP contribution in [0.2, 0.25) is 0 Å². The van der Waals surface area contributed by atoms with Gasteiger partial charge in [0.2, 0.25) is 0 Å². The fourth-order valence-corrected chi connectivity index (χ4v) is 3.49. The molecule has 0 spiro atoms. The number of methoxy groups -OCH3 is 2. The number of carbonyl (C=O) groups is 1. The molecule has 1 amide bonds. The van der Waals surface area contributed by atoms with Gasteiger partial charge in [0, 0.05) is 25.8 Å². The van der Waals surface area contributed by atoms with E-state index in [1.165, 1.54) is 31.9 Å². The third-order valence-electron chi connectivity index (χ3n) is 5.50. The largest absolute Gasteiger partial charge is 0.493 e. The van der Waals surface area contributed by atoms with E-state index in [1.54, 1.807) is 4.90 Å². The van der Waals surface area contributed by atoms with Gasteiger partial charge >= 0.3 is 0 Å². The Balaban J connectivity index is 1.91. The molecule has 0 N–H and O–H groups in total. The zero-order valence-corrected chi connectivity index (χ0v) is 19.0. The average molecular weight is 443 g/mol. The van der Waals surface area contributed by atoms with Gasteiger partial charge in [-0.15, -0.1) is 0 Å². The SMILES string of the molecule is COCCOc1cc([N+](=O)[O-])c(C(=O)N(Cc2ccc(C(C)C)cc2)C2CC2)cc1OC. The quantitative estimate of drug-likeness (QED) is 0.288. The molecule has 0 aliphatic heterocycles. The fourth-order valence-electron chi connectivity index (χ4n) is 3.49. The number of carbonyl (C=O) groups excluding carboxylic acids is 1. The molecule has 1 saturated carbocycles. The highest BCUT2D eigenvalue weighted by molar-refractivity contribution is 5.99. The van der Waals surface area contributed by atoms with E-state index in [9.17, 15) is 14.9 Å². The minimum Gasteiger partial charge on any atom is -0.493 e. The maximum absolute atomic E-state index is 13.5. The smallest absolute Gasteiger partial charge is 0.286 e. The Kier molecular flexibility index (Phi) is 7.69. The van der Waals surface area contributed by atoms with Crippen LogP contribution in [0.1, 0.15) is 54.1 Å². The third-order valence-corrected chi connectivity index (χ3v) is 5.50. The molecule has 0 atom stereocenters. The van der Waals surface area contributed by atoms with Crippen LogP contribution in [0.25, 0.3) is 0 Å². The molecule has 2 aromatic carbocycles. The zero-order chi connectivity index (χ0) is 23.3. The van der Waals surface area contributed by atoms with Crippen molar-refractivity contribution in [1.82, 2.24) is 4.90 Å². The van der Waals surface area contributed by atoms with Crippen LogP contribution in [-0.4, -0.2) is 49.2 Å². The van der Waals surface area contributed by atoms with Crippen LogP contribution in [0.5, 0.6) is 11.5 Å². The first kappa shape index (κ1) is 23.5. The second-order valence-corrected chi connectivity index (χ2v) is 8.18. The maximum atomic E-state index is 13.5. The zero-order valence-electron chi connectivity index (χ0n) is 19.0. The molecule has 0 unspecified atom stereocenters. The molecule has 0 radical (unpaired) electrons. The van der Waals surface area contributed by atoms with E-state index in [1.807, 2.05) is 12.1 Å². The summed E-state index contributed by atoms with van der Waals surface area (Å²) in [5.41, 5.74) is 1.91. The van der Waals surface area contributed by atoms with Crippen LogP contribution in [0, 0.1) is 10.1 Å². The lowest BCUT2D eigenvalue weighted by Crippen LogP contribution is -2.33. The van der Waals surface area contributed by atoms with E-state index < -0.39 is 4.92 Å². The molecule has 1 aliphatic carbocycles. The van der Waals surface area contributed by atoms with Gasteiger partial charge in [-0.25, -0.2) is 0 Å². The lowest BCUT2D eigenvalue weighted by atomic mass is 10.0. The normalized spacial score (nSPS) is 13.2. The molecule has 0 aromatic heterocycles. The van der Waals surface area contributed by atoms with E-state index in [-0.39, 0.29) is 41.3 Å². The molecule has 1 aliphatic rings. The first-order valence-corrected chi connectivity index (χ1v) is 10.7. The van der Waals surface area contributed by atoms with Crippen LogP contribution in [0.15, 0.2) is 36.4 Å². The molecule has 0 saturated heterocycles. The van der Waals surface area contributed by atoms with Gasteiger partial charge in [0.25, 0.3) is 11.6 Å². The molecule has 3 rings (SSSR count). The highest BCUT2D eigenvalue weighted by Crippen LogP contribution is 2.37. The predicted octanol–water partition coefficient (Wildman–Crippen LogP) is 4.56. The van der Waals surface area contributed by atoms with Crippen molar-refractivity contribution in [3.63, 3.8) is 0 Å². The monoisotopic (exact) mass is 442 g/mol. The summed E-state index contributed by atoms with van der Waals surface area (Å²) in [4.78, 5) is 26.4. The molecule has 32 heavy (non-hydrogen) atoms. The van der Waals surface area contributed by atoms with E-state index in [4.69, 9.17) is 14.2 Å². The number of hydrogen-bond acceptors (Lipinski definition) is 6. The Hall–Kier alpha value is -3.13. The molecular weight excluding hydrogens is 412 g/mol. The van der Waals surface area contributed by atoms with E-state index >= 15 is 0 Å². The van der Waals surface area contributed by atoms with Gasteiger partial charge in [0.1, 0.15) is 12.2 Å². The van der Waals surface area contributed by atoms with Crippen molar-refractivity contribution in [2.75, 3.05) is 27.4 Å². The highest BCUT2D eigenvalue weighted by Gasteiger charge is 2.36. The molecular formula is C24H30N2O6. The summed E-state index contributed by atoms with van der Waals surface area (Å²) >= 11 is 0. The Bertz CT molecular complexity index is 954. The van der Waals surface area contributed by atoms with Gasteiger partial charge in [-0.05, 0) is 29.9 Å². The Morgan fingerprint density at radius 1 is 1.12 bits per heavy atom. The number of nitrogens with zero attached hydrogens (tertiary/aromatic N) is 2. The fraction of sp³-hybridized carbons (Fsp3) is 0.458. The Morgan fingerprint density at radius 3 is 2.34 bits per heavy atom. The van der Waals surface area contributed by atoms with E-state index in [0.717, 1.165) is 18.4 Å². The number of ether oxygens (including phenoxy) is 3. The number of hydrogen-bond donors (Lipinski definition) is 0. The number of amides is 1. The van der Waals surface area contributed by atoms with Gasteiger partial charge in [0.15, 0.2) is 11.5 Å². The lowest BCUT2D eigenvalue weighted by Gasteiger charge is -2.23. The molecule has 172 valence electrons. The lowest BCUT2D eigenvalue weighted by molar-refractivity contribution is -0.385. The molecule has 0 heterocycles. The summed E-state index contributed by atoms with van der Waals surface area (Å²) in [5.74, 6) is 0.515. The number of rotatable bonds is 11. The minimum atomic E-state index is -0.557. The molecule has 8 heteroatoms. The van der Waals surface area contributed by atoms with Gasteiger partial charge < -0.3 is 19.1 Å². The molecule has 0 bridgehead atoms. The predicted molar refractivity (Wildman–Crippen MR) is 120 cm³/mol. The molecule has 2 aromatic rings. The maximum Gasteiger partial charge on any atom is 0.286 e. The van der Waals surface area contributed by atoms with Gasteiger partial charge in [-0.2, -0.15) is 0 Å². The van der Waals surface area contributed by atoms with Crippen molar-refractivity contribution < 1.29 is 23.9 Å². The Morgan fingerprint density at radius 2 is 1.81 bits per heavy atom. The topological polar surface area (TPSA) is 91.1 Å². The van der Waals surface area contributed by atoms with Crippen LogP contribution in [0.3, 0.4) is 0 Å². The highest BCUT2D eigenvalue weighted by atomic mass is 16.6. The average Bonchev–Trinajstić information content (AvgIpc) is 3.62. The van der Waals surface area contributed by atoms with Crippen molar-refractivity contribution in [1.29, 1.82) is 0 Å². The van der Waals surface area contributed by atoms with Gasteiger partial charge in [-0.1, -0.05) is 38.1 Å². The second kappa shape index (κ2) is 10.5. The first-order chi connectivity index (χ1) is 15.3. The van der Waals surface area contributed by atoms with Crippen LogP contribution >= 0.6 is 0 Å². The Labute approximate surface area is 188 Å². The summed E-state index contributed by atoms with van der Waals surface area (Å²) in [5, 5.41) is 11.8. The van der Waals surface area contributed by atoms with Crippen molar-refractivity contribution in [2.45, 2.75) is 45.2 Å². The molecule has 8 nitrogen and oxygen atoms in total. The summed E-state index contributed by atoms with van der Waals surface area (Å²) < 4.78 is 15.9. The second-order valence-electron chi connectivity index (χ2n) is 8.18. The standard InChI is InChI=1S/C24H30N2O6/c1-16(2)18-7-5-17(6-8-18)15-25(19-9-10-19)24(27)20-13-22(31-4)23(32-12-11-30-3)14-21(20)26(28)29/h5-8,13-14,16,19H,9-12,15H2,1-4H3.